The Balaban J connectivity index is 1.44. The van der Waals surface area contributed by atoms with Crippen molar-refractivity contribution in [1.29, 1.82) is 5.26 Å². The highest BCUT2D eigenvalue weighted by Crippen LogP contribution is 2.38. The summed E-state index contributed by atoms with van der Waals surface area (Å²) in [5.41, 5.74) is 0.426. The minimum Gasteiger partial charge on any atom is -0.195 e. The summed E-state index contributed by atoms with van der Waals surface area (Å²) in [6, 6.07) is 7.19. The van der Waals surface area contributed by atoms with Crippen LogP contribution in [0.2, 0.25) is 0 Å². The molecule has 0 atom stereocenters. The molecule has 0 heterocycles. The van der Waals surface area contributed by atoms with Crippen LogP contribution in [0.5, 0.6) is 0 Å². The largest absolute Gasteiger partial charge is 0.416 e. The van der Waals surface area contributed by atoms with Crippen molar-refractivity contribution < 1.29 is 17.6 Å². The van der Waals surface area contributed by atoms with E-state index in [9.17, 15) is 17.6 Å². The number of hydrogen-bond donors (Lipinski definition) is 0. The number of allylic oxidation sites excluding steroid dienone is 4. The van der Waals surface area contributed by atoms with E-state index >= 15 is 0 Å². The van der Waals surface area contributed by atoms with Gasteiger partial charge in [-0.15, -0.1) is 0 Å². The van der Waals surface area contributed by atoms with Gasteiger partial charge < -0.3 is 0 Å². The van der Waals surface area contributed by atoms with E-state index in [4.69, 9.17) is 5.26 Å². The molecule has 29 heavy (non-hydrogen) atoms. The van der Waals surface area contributed by atoms with E-state index in [0.29, 0.717) is 17.8 Å². The number of halogens is 4. The minimum atomic E-state index is -4.28. The summed E-state index contributed by atoms with van der Waals surface area (Å²) < 4.78 is 51.2. The van der Waals surface area contributed by atoms with Crippen molar-refractivity contribution in [2.45, 2.75) is 63.5 Å². The lowest BCUT2D eigenvalue weighted by Crippen LogP contribution is -2.14. The van der Waals surface area contributed by atoms with Gasteiger partial charge in [0.05, 0.1) is 5.56 Å². The predicted octanol–water partition coefficient (Wildman–Crippen LogP) is 7.72. The van der Waals surface area contributed by atoms with Crippen LogP contribution in [0.25, 0.3) is 0 Å². The highest BCUT2D eigenvalue weighted by atomic mass is 19.4. The van der Waals surface area contributed by atoms with Crippen LogP contribution in [0.15, 0.2) is 48.3 Å². The molecule has 0 aromatic heterocycles. The molecule has 0 unspecified atom stereocenters. The van der Waals surface area contributed by atoms with E-state index in [0.717, 1.165) is 56.9 Å². The molecule has 0 radical (unpaired) electrons. The summed E-state index contributed by atoms with van der Waals surface area (Å²) >= 11 is 0. The summed E-state index contributed by atoms with van der Waals surface area (Å²) in [4.78, 5) is 0. The number of rotatable bonds is 4. The van der Waals surface area contributed by atoms with E-state index in [1.807, 2.05) is 0 Å². The van der Waals surface area contributed by atoms with E-state index < -0.39 is 17.6 Å². The maximum Gasteiger partial charge on any atom is 0.416 e. The normalized spacial score (nSPS) is 29.0. The molecule has 1 aromatic carbocycles. The molecule has 2 saturated carbocycles. The molecule has 0 amide bonds. The smallest absolute Gasteiger partial charge is 0.195 e. The van der Waals surface area contributed by atoms with Crippen LogP contribution in [-0.4, -0.2) is 0 Å². The fourth-order valence-electron chi connectivity index (χ4n) is 4.65. The third-order valence-corrected chi connectivity index (χ3v) is 6.44. The maximum absolute atomic E-state index is 13.1. The second-order valence-electron chi connectivity index (χ2n) is 8.42. The average molecular weight is 405 g/mol. The first-order valence-corrected chi connectivity index (χ1v) is 10.5. The van der Waals surface area contributed by atoms with Gasteiger partial charge in [0.2, 0.25) is 0 Å². The first kappa shape index (κ1) is 21.6. The fraction of sp³-hybridized carbons (Fsp3) is 0.542. The Labute approximate surface area is 170 Å². The van der Waals surface area contributed by atoms with Gasteiger partial charge in [0.1, 0.15) is 6.07 Å². The van der Waals surface area contributed by atoms with Crippen LogP contribution < -0.4 is 0 Å². The zero-order valence-electron chi connectivity index (χ0n) is 16.5. The van der Waals surface area contributed by atoms with Gasteiger partial charge >= 0.3 is 6.18 Å². The van der Waals surface area contributed by atoms with E-state index in [1.165, 1.54) is 18.2 Å². The molecule has 0 bridgehead atoms. The van der Waals surface area contributed by atoms with Gasteiger partial charge in [-0.2, -0.15) is 22.8 Å². The molecule has 5 heteroatoms. The third kappa shape index (κ3) is 6.19. The fourth-order valence-corrected chi connectivity index (χ4v) is 4.65. The topological polar surface area (TPSA) is 23.8 Å². The van der Waals surface area contributed by atoms with E-state index in [2.05, 4.69) is 12.2 Å². The van der Waals surface area contributed by atoms with Crippen LogP contribution in [0, 0.1) is 29.1 Å². The highest BCUT2D eigenvalue weighted by Gasteiger charge is 2.30. The zero-order chi connectivity index (χ0) is 20.9. The van der Waals surface area contributed by atoms with Crippen LogP contribution in [0.4, 0.5) is 17.6 Å². The Morgan fingerprint density at radius 2 is 1.31 bits per heavy atom. The van der Waals surface area contributed by atoms with Gasteiger partial charge in [-0.1, -0.05) is 24.3 Å². The van der Waals surface area contributed by atoms with Gasteiger partial charge in [-0.05, 0) is 98.8 Å². The average Bonchev–Trinajstić information content (AvgIpc) is 2.73. The Morgan fingerprint density at radius 3 is 1.79 bits per heavy atom. The third-order valence-electron chi connectivity index (χ3n) is 6.44. The van der Waals surface area contributed by atoms with E-state index in [-0.39, 0.29) is 5.92 Å². The van der Waals surface area contributed by atoms with Gasteiger partial charge in [0, 0.05) is 0 Å². The summed E-state index contributed by atoms with van der Waals surface area (Å²) in [7, 11) is 0. The molecule has 0 spiro atoms. The van der Waals surface area contributed by atoms with Crippen LogP contribution in [-0.2, 0) is 6.18 Å². The SMILES string of the molecule is N#CC(F)=CC1CCC(C=CC2CCC(c3ccc(C(F)(F)F)cc3)CC2)CC1. The zero-order valence-corrected chi connectivity index (χ0v) is 16.5. The molecule has 156 valence electrons. The number of nitriles is 1. The number of nitrogens with zero attached hydrogens (tertiary/aromatic N) is 1. The second-order valence-corrected chi connectivity index (χ2v) is 8.42. The molecule has 1 aromatic rings. The molecule has 2 fully saturated rings. The quantitative estimate of drug-likeness (QED) is 0.286. The summed E-state index contributed by atoms with van der Waals surface area (Å²) in [6.07, 6.45) is 9.84. The molecule has 0 saturated heterocycles. The Bertz CT molecular complexity index is 754. The number of alkyl halides is 3. The van der Waals surface area contributed by atoms with Crippen LogP contribution >= 0.6 is 0 Å². The van der Waals surface area contributed by atoms with Crippen molar-refractivity contribution in [1.82, 2.24) is 0 Å². The summed E-state index contributed by atoms with van der Waals surface area (Å²) in [6.45, 7) is 0. The van der Waals surface area contributed by atoms with Crippen LogP contribution in [0.3, 0.4) is 0 Å². The maximum atomic E-state index is 13.1. The van der Waals surface area contributed by atoms with Gasteiger partial charge in [-0.3, -0.25) is 0 Å². The highest BCUT2D eigenvalue weighted by molar-refractivity contribution is 5.27. The van der Waals surface area contributed by atoms with Crippen molar-refractivity contribution in [3.63, 3.8) is 0 Å². The lowest BCUT2D eigenvalue weighted by molar-refractivity contribution is -0.137. The molecule has 1 nitrogen and oxygen atoms in total. The molecule has 0 aliphatic heterocycles. The van der Waals surface area contributed by atoms with Crippen molar-refractivity contribution >= 4 is 0 Å². The second kappa shape index (κ2) is 9.61. The van der Waals surface area contributed by atoms with Gasteiger partial charge in [0.15, 0.2) is 5.83 Å². The number of hydrogen-bond acceptors (Lipinski definition) is 1. The predicted molar refractivity (Wildman–Crippen MR) is 106 cm³/mol. The Kier molecular flexibility index (Phi) is 7.16. The van der Waals surface area contributed by atoms with Crippen molar-refractivity contribution in [3.8, 4) is 6.07 Å². The van der Waals surface area contributed by atoms with Crippen molar-refractivity contribution in [2.24, 2.45) is 17.8 Å². The summed E-state index contributed by atoms with van der Waals surface area (Å²) in [5.74, 6) is 0.915. The molecule has 3 rings (SSSR count). The number of benzene rings is 1. The molecule has 0 N–H and O–H groups in total. The van der Waals surface area contributed by atoms with Gasteiger partial charge in [0.25, 0.3) is 0 Å². The van der Waals surface area contributed by atoms with Crippen molar-refractivity contribution in [2.75, 3.05) is 0 Å². The molecule has 2 aliphatic carbocycles. The lowest BCUT2D eigenvalue weighted by atomic mass is 9.77. The minimum absolute atomic E-state index is 0.179. The standard InChI is InChI=1S/C24H27F4N/c25-23(16-29)15-19-5-3-17(4-6-19)1-2-18-7-9-20(10-8-18)21-11-13-22(14-12-21)24(26,27)28/h1-2,11-15,17-20H,3-10H2. The van der Waals surface area contributed by atoms with Crippen molar-refractivity contribution in [3.05, 3.63) is 59.4 Å². The van der Waals surface area contributed by atoms with Gasteiger partial charge in [-0.25, -0.2) is 0 Å². The van der Waals surface area contributed by atoms with Crippen LogP contribution in [0.1, 0.15) is 68.4 Å². The summed E-state index contributed by atoms with van der Waals surface area (Å²) in [5, 5.41) is 8.53. The molecule has 2 aliphatic rings. The Morgan fingerprint density at radius 1 is 0.828 bits per heavy atom. The molecular formula is C24H27F4N. The Hall–Kier alpha value is -2.09. The molecular weight excluding hydrogens is 378 g/mol. The monoisotopic (exact) mass is 405 g/mol. The first-order valence-electron chi connectivity index (χ1n) is 10.5. The lowest BCUT2D eigenvalue weighted by Gasteiger charge is -2.28. The first-order chi connectivity index (χ1) is 13.8. The van der Waals surface area contributed by atoms with E-state index in [1.54, 1.807) is 18.2 Å².